The number of amides is 1. The second kappa shape index (κ2) is 7.16. The Kier molecular flexibility index (Phi) is 4.68. The van der Waals surface area contributed by atoms with E-state index in [2.05, 4.69) is 36.1 Å². The van der Waals surface area contributed by atoms with Gasteiger partial charge in [-0.2, -0.15) is 5.10 Å². The molecule has 6 nitrogen and oxygen atoms in total. The molecule has 0 aliphatic rings. The van der Waals surface area contributed by atoms with Gasteiger partial charge in [0.25, 0.3) is 5.91 Å². The zero-order chi connectivity index (χ0) is 19.8. The van der Waals surface area contributed by atoms with E-state index in [0.29, 0.717) is 17.4 Å². The van der Waals surface area contributed by atoms with Crippen molar-refractivity contribution in [2.24, 2.45) is 7.05 Å². The van der Waals surface area contributed by atoms with Crippen molar-refractivity contribution in [2.75, 3.05) is 4.90 Å². The van der Waals surface area contributed by atoms with Gasteiger partial charge in [-0.15, -0.1) is 0 Å². The second-order valence-corrected chi connectivity index (χ2v) is 7.96. The Morgan fingerprint density at radius 2 is 1.96 bits per heavy atom. The topological polar surface area (TPSA) is 63.9 Å². The Balaban J connectivity index is 1.79. The Morgan fingerprint density at radius 1 is 1.18 bits per heavy atom. The monoisotopic (exact) mass is 391 g/mol. The van der Waals surface area contributed by atoms with Gasteiger partial charge in [-0.3, -0.25) is 19.4 Å². The largest absolute Gasteiger partial charge is 0.280 e. The van der Waals surface area contributed by atoms with E-state index < -0.39 is 0 Å². The van der Waals surface area contributed by atoms with Crippen molar-refractivity contribution in [3.05, 3.63) is 70.8 Å². The van der Waals surface area contributed by atoms with E-state index in [1.165, 1.54) is 22.5 Å². The lowest BCUT2D eigenvalue weighted by molar-refractivity contribution is 0.0979. The molecule has 7 heteroatoms. The molecule has 3 heterocycles. The van der Waals surface area contributed by atoms with Crippen LogP contribution >= 0.6 is 11.3 Å². The van der Waals surface area contributed by atoms with E-state index in [9.17, 15) is 4.79 Å². The molecule has 0 saturated carbocycles. The number of aryl methyl sites for hydroxylation is 4. The number of nitrogens with zero attached hydrogens (tertiary/aromatic N) is 5. The highest BCUT2D eigenvalue weighted by Crippen LogP contribution is 2.32. The molecule has 0 spiro atoms. The third-order valence-electron chi connectivity index (χ3n) is 4.87. The molecule has 0 atom stereocenters. The molecule has 1 amide bonds. The number of thiazole rings is 1. The average Bonchev–Trinajstić information content (AvgIpc) is 3.23. The van der Waals surface area contributed by atoms with Gasteiger partial charge in [0.05, 0.1) is 16.8 Å². The van der Waals surface area contributed by atoms with Crippen molar-refractivity contribution in [3.8, 4) is 0 Å². The molecule has 28 heavy (non-hydrogen) atoms. The number of hydrogen-bond donors (Lipinski definition) is 0. The summed E-state index contributed by atoms with van der Waals surface area (Å²) in [6, 6.07) is 9.83. The summed E-state index contributed by atoms with van der Waals surface area (Å²) in [6.45, 7) is 6.48. The number of carbonyl (C=O) groups excluding carboxylic acids is 1. The SMILES string of the molecule is Cc1cc2nc(N(Cc3cccnc3)C(=O)c3cc(C)n(C)n3)sc2cc1C. The fourth-order valence-corrected chi connectivity index (χ4v) is 4.03. The lowest BCUT2D eigenvalue weighted by Gasteiger charge is -2.18. The van der Waals surface area contributed by atoms with Crippen molar-refractivity contribution in [1.82, 2.24) is 19.7 Å². The Hall–Kier alpha value is -3.06. The molecule has 0 aliphatic carbocycles. The smallest absolute Gasteiger partial charge is 0.278 e. The molecule has 4 rings (SSSR count). The van der Waals surface area contributed by atoms with Gasteiger partial charge in [0.2, 0.25) is 0 Å². The van der Waals surface area contributed by atoms with Crippen LogP contribution in [0.5, 0.6) is 0 Å². The van der Waals surface area contributed by atoms with Crippen LogP contribution in [0.1, 0.15) is 32.9 Å². The van der Waals surface area contributed by atoms with Crippen molar-refractivity contribution in [2.45, 2.75) is 27.3 Å². The first-order chi connectivity index (χ1) is 13.4. The van der Waals surface area contributed by atoms with Crippen LogP contribution < -0.4 is 4.90 Å². The van der Waals surface area contributed by atoms with Gasteiger partial charge in [0, 0.05) is 25.1 Å². The second-order valence-electron chi connectivity index (χ2n) is 6.95. The molecular weight excluding hydrogens is 370 g/mol. The molecule has 0 bridgehead atoms. The number of rotatable bonds is 4. The van der Waals surface area contributed by atoms with Crippen LogP contribution in [0.4, 0.5) is 5.13 Å². The molecule has 142 valence electrons. The van der Waals surface area contributed by atoms with E-state index >= 15 is 0 Å². The van der Waals surface area contributed by atoms with Crippen LogP contribution in [0.15, 0.2) is 42.7 Å². The van der Waals surface area contributed by atoms with Gasteiger partial charge in [-0.05, 0) is 61.7 Å². The predicted molar refractivity (Wildman–Crippen MR) is 112 cm³/mol. The van der Waals surface area contributed by atoms with Crippen molar-refractivity contribution < 1.29 is 4.79 Å². The fraction of sp³-hybridized carbons (Fsp3) is 0.238. The number of anilines is 1. The Morgan fingerprint density at radius 3 is 2.64 bits per heavy atom. The number of pyridine rings is 1. The normalized spacial score (nSPS) is 11.1. The summed E-state index contributed by atoms with van der Waals surface area (Å²) in [5.41, 5.74) is 5.60. The maximum Gasteiger partial charge on any atom is 0.280 e. The molecule has 0 unspecified atom stereocenters. The standard InChI is InChI=1S/C21H21N5OS/c1-13-8-17-19(9-14(13)2)28-21(23-17)26(12-16-6-5-7-22-11-16)20(27)18-10-15(3)25(4)24-18/h5-11H,12H2,1-4H3. The lowest BCUT2D eigenvalue weighted by Crippen LogP contribution is -2.30. The summed E-state index contributed by atoms with van der Waals surface area (Å²) in [5, 5.41) is 5.03. The highest BCUT2D eigenvalue weighted by molar-refractivity contribution is 7.22. The quantitative estimate of drug-likeness (QED) is 0.523. The van der Waals surface area contributed by atoms with E-state index in [0.717, 1.165) is 21.5 Å². The Labute approximate surface area is 167 Å². The summed E-state index contributed by atoms with van der Waals surface area (Å²) >= 11 is 1.52. The van der Waals surface area contributed by atoms with Gasteiger partial charge < -0.3 is 0 Å². The van der Waals surface area contributed by atoms with Crippen LogP contribution in [0.25, 0.3) is 10.2 Å². The predicted octanol–water partition coefficient (Wildman–Crippen LogP) is 4.20. The molecular formula is C21H21N5OS. The van der Waals surface area contributed by atoms with Crippen LogP contribution in [0, 0.1) is 20.8 Å². The van der Waals surface area contributed by atoms with Gasteiger partial charge in [0.15, 0.2) is 10.8 Å². The zero-order valence-corrected chi connectivity index (χ0v) is 17.1. The summed E-state index contributed by atoms with van der Waals surface area (Å²) in [4.78, 5) is 23.9. The van der Waals surface area contributed by atoms with Gasteiger partial charge in [-0.25, -0.2) is 4.98 Å². The van der Waals surface area contributed by atoms with Crippen LogP contribution in [-0.4, -0.2) is 25.7 Å². The number of carbonyl (C=O) groups is 1. The van der Waals surface area contributed by atoms with Crippen molar-refractivity contribution in [1.29, 1.82) is 0 Å². The molecule has 1 aromatic carbocycles. The highest BCUT2D eigenvalue weighted by atomic mass is 32.1. The number of aromatic nitrogens is 4. The van der Waals surface area contributed by atoms with E-state index in [1.807, 2.05) is 26.1 Å². The molecule has 4 aromatic rings. The maximum absolute atomic E-state index is 13.3. The highest BCUT2D eigenvalue weighted by Gasteiger charge is 2.24. The Bertz CT molecular complexity index is 1100. The van der Waals surface area contributed by atoms with Crippen LogP contribution in [0.3, 0.4) is 0 Å². The van der Waals surface area contributed by atoms with E-state index in [4.69, 9.17) is 4.98 Å². The number of benzene rings is 1. The van der Waals surface area contributed by atoms with E-state index in [-0.39, 0.29) is 5.91 Å². The third-order valence-corrected chi connectivity index (χ3v) is 5.91. The fourth-order valence-electron chi connectivity index (χ4n) is 2.99. The first kappa shape index (κ1) is 18.3. The first-order valence-electron chi connectivity index (χ1n) is 9.01. The van der Waals surface area contributed by atoms with Gasteiger partial charge in [-0.1, -0.05) is 17.4 Å². The van der Waals surface area contributed by atoms with Crippen molar-refractivity contribution >= 4 is 32.6 Å². The minimum absolute atomic E-state index is 0.167. The van der Waals surface area contributed by atoms with Crippen molar-refractivity contribution in [3.63, 3.8) is 0 Å². The van der Waals surface area contributed by atoms with Crippen LogP contribution in [-0.2, 0) is 13.6 Å². The lowest BCUT2D eigenvalue weighted by atomic mass is 10.1. The summed E-state index contributed by atoms with van der Waals surface area (Å²) in [7, 11) is 1.83. The molecule has 3 aromatic heterocycles. The van der Waals surface area contributed by atoms with Gasteiger partial charge in [0.1, 0.15) is 0 Å². The number of hydrogen-bond acceptors (Lipinski definition) is 5. The van der Waals surface area contributed by atoms with E-state index in [1.54, 1.807) is 28.0 Å². The maximum atomic E-state index is 13.3. The average molecular weight is 392 g/mol. The van der Waals surface area contributed by atoms with Gasteiger partial charge >= 0.3 is 0 Å². The molecule has 0 saturated heterocycles. The third kappa shape index (κ3) is 3.41. The number of fused-ring (bicyclic) bond motifs is 1. The molecule has 0 fully saturated rings. The summed E-state index contributed by atoms with van der Waals surface area (Å²) in [6.07, 6.45) is 3.49. The molecule has 0 radical (unpaired) electrons. The minimum Gasteiger partial charge on any atom is -0.278 e. The molecule has 0 N–H and O–H groups in total. The zero-order valence-electron chi connectivity index (χ0n) is 16.3. The molecule has 0 aliphatic heterocycles. The summed E-state index contributed by atoms with van der Waals surface area (Å²) in [5.74, 6) is -0.167. The van der Waals surface area contributed by atoms with Crippen LogP contribution in [0.2, 0.25) is 0 Å². The first-order valence-corrected chi connectivity index (χ1v) is 9.83. The summed E-state index contributed by atoms with van der Waals surface area (Å²) < 4.78 is 2.78. The minimum atomic E-state index is -0.167.